The van der Waals surface area contributed by atoms with Gasteiger partial charge in [0.1, 0.15) is 0 Å². The number of aryl methyl sites for hydroxylation is 2. The smallest absolute Gasteiger partial charge is 0.344 e. The number of allylic oxidation sites excluding steroid dienone is 2. The summed E-state index contributed by atoms with van der Waals surface area (Å²) < 4.78 is 95.2. The third-order valence-corrected chi connectivity index (χ3v) is 8.49. The Morgan fingerprint density at radius 2 is 1.32 bits per heavy atom. The molecule has 1 aliphatic carbocycles. The van der Waals surface area contributed by atoms with Gasteiger partial charge in [0.2, 0.25) is 0 Å². The number of aromatic nitrogens is 1. The summed E-state index contributed by atoms with van der Waals surface area (Å²) >= 11 is 1.13. The first-order chi connectivity index (χ1) is 17.5. The van der Waals surface area contributed by atoms with Crippen molar-refractivity contribution in [3.05, 3.63) is 70.2 Å². The molecule has 0 radical (unpaired) electrons. The van der Waals surface area contributed by atoms with Gasteiger partial charge in [-0.2, -0.15) is 26.3 Å². The maximum Gasteiger partial charge on any atom is 0.380 e. The van der Waals surface area contributed by atoms with Crippen molar-refractivity contribution in [2.75, 3.05) is 0 Å². The van der Waals surface area contributed by atoms with E-state index in [9.17, 15) is 0 Å². The molecule has 8 heteroatoms. The summed E-state index contributed by atoms with van der Waals surface area (Å²) in [6.45, 7) is 5.62. The summed E-state index contributed by atoms with van der Waals surface area (Å²) in [5, 5.41) is 0.542. The zero-order chi connectivity index (χ0) is 26.8. The van der Waals surface area contributed by atoms with Crippen LogP contribution in [0.15, 0.2) is 48.5 Å². The molecular formula is C29H27F6NS. The normalized spacial score (nSPS) is 18.4. The lowest BCUT2D eigenvalue weighted by Crippen LogP contribution is -2.49. The van der Waals surface area contributed by atoms with Crippen LogP contribution in [0.3, 0.4) is 0 Å². The second-order valence-electron chi connectivity index (χ2n) is 9.69. The van der Waals surface area contributed by atoms with Crippen molar-refractivity contribution in [1.82, 2.24) is 4.57 Å². The lowest BCUT2D eigenvalue weighted by molar-refractivity contribution is -0.254. The summed E-state index contributed by atoms with van der Waals surface area (Å²) in [4.78, 5) is 0.294. The van der Waals surface area contributed by atoms with Gasteiger partial charge in [-0.1, -0.05) is 62.6 Å². The molecule has 0 saturated carbocycles. The van der Waals surface area contributed by atoms with Crippen molar-refractivity contribution in [1.29, 1.82) is 0 Å². The number of thiophene rings is 1. The standard InChI is InChI=1S/C29H27F6NS/c1-4-5-6-11-16-36-17(2)23(19-12-7-9-14-21(19)36)25-26(28(32,33)29(34,35)27(25,30)31)24-18(3)37-22-15-10-8-13-20(22)24/h7-10,12-15H,4-6,11,16H2,1-3H3. The number of para-hydroxylation sites is 1. The van der Waals surface area contributed by atoms with E-state index in [1.165, 1.54) is 13.0 Å². The quantitative estimate of drug-likeness (QED) is 0.164. The molecule has 37 heavy (non-hydrogen) atoms. The summed E-state index contributed by atoms with van der Waals surface area (Å²) in [5.74, 6) is -15.7. The minimum atomic E-state index is -5.59. The van der Waals surface area contributed by atoms with Gasteiger partial charge >= 0.3 is 17.8 Å². The number of unbranched alkanes of at least 4 members (excludes halogenated alkanes) is 3. The lowest BCUT2D eigenvalue weighted by Gasteiger charge is -2.26. The fourth-order valence-electron chi connectivity index (χ4n) is 5.60. The minimum absolute atomic E-state index is 0.224. The Labute approximate surface area is 215 Å². The molecule has 0 aliphatic heterocycles. The van der Waals surface area contributed by atoms with Gasteiger partial charge < -0.3 is 4.57 Å². The van der Waals surface area contributed by atoms with Crippen LogP contribution in [0.4, 0.5) is 26.3 Å². The number of benzene rings is 2. The van der Waals surface area contributed by atoms with Gasteiger partial charge in [0, 0.05) is 60.4 Å². The van der Waals surface area contributed by atoms with E-state index in [-0.39, 0.29) is 27.6 Å². The maximum atomic E-state index is 15.7. The van der Waals surface area contributed by atoms with Gasteiger partial charge in [0.05, 0.1) is 0 Å². The zero-order valence-electron chi connectivity index (χ0n) is 20.8. The first-order valence-electron chi connectivity index (χ1n) is 12.4. The monoisotopic (exact) mass is 535 g/mol. The number of fused-ring (bicyclic) bond motifs is 2. The van der Waals surface area contributed by atoms with Gasteiger partial charge in [0.15, 0.2) is 0 Å². The van der Waals surface area contributed by atoms with Crippen molar-refractivity contribution >= 4 is 43.5 Å². The van der Waals surface area contributed by atoms with Crippen molar-refractivity contribution < 1.29 is 26.3 Å². The predicted molar refractivity (Wildman–Crippen MR) is 139 cm³/mol. The highest BCUT2D eigenvalue weighted by molar-refractivity contribution is 7.19. The fourth-order valence-corrected chi connectivity index (χ4v) is 6.67. The number of nitrogens with zero attached hydrogens (tertiary/aromatic N) is 1. The van der Waals surface area contributed by atoms with E-state index in [0.717, 1.165) is 37.0 Å². The number of hydrogen-bond donors (Lipinski definition) is 0. The average molecular weight is 536 g/mol. The van der Waals surface area contributed by atoms with Crippen LogP contribution in [0.25, 0.3) is 32.1 Å². The van der Waals surface area contributed by atoms with E-state index in [1.54, 1.807) is 54.0 Å². The fraction of sp³-hybridized carbons (Fsp3) is 0.379. The highest BCUT2D eigenvalue weighted by atomic mass is 32.1. The van der Waals surface area contributed by atoms with Crippen LogP contribution in [0.1, 0.15) is 54.3 Å². The van der Waals surface area contributed by atoms with E-state index >= 15 is 26.3 Å². The number of alkyl halides is 6. The first-order valence-corrected chi connectivity index (χ1v) is 13.2. The molecular weight excluding hydrogens is 508 g/mol. The highest BCUT2D eigenvalue weighted by Gasteiger charge is 2.80. The summed E-state index contributed by atoms with van der Waals surface area (Å²) in [6.07, 6.45) is 3.69. The lowest BCUT2D eigenvalue weighted by atomic mass is 9.91. The number of halogens is 6. The average Bonchev–Trinajstić information content (AvgIpc) is 3.35. The Bertz CT molecular complexity index is 1520. The molecule has 2 aromatic carbocycles. The molecule has 0 fully saturated rings. The van der Waals surface area contributed by atoms with Crippen LogP contribution in [-0.2, 0) is 6.54 Å². The van der Waals surface area contributed by atoms with Gasteiger partial charge in [-0.05, 0) is 32.4 Å². The molecule has 2 heterocycles. The van der Waals surface area contributed by atoms with Crippen molar-refractivity contribution in [3.8, 4) is 0 Å². The topological polar surface area (TPSA) is 4.93 Å². The Morgan fingerprint density at radius 1 is 0.730 bits per heavy atom. The molecule has 2 aromatic heterocycles. The third-order valence-electron chi connectivity index (χ3n) is 7.40. The Kier molecular flexibility index (Phi) is 6.25. The van der Waals surface area contributed by atoms with E-state index < -0.39 is 28.9 Å². The molecule has 0 spiro atoms. The van der Waals surface area contributed by atoms with Crippen molar-refractivity contribution in [3.63, 3.8) is 0 Å². The molecule has 0 saturated heterocycles. The van der Waals surface area contributed by atoms with E-state index in [1.807, 2.05) is 0 Å². The Hall–Kier alpha value is -2.74. The highest BCUT2D eigenvalue weighted by Crippen LogP contribution is 2.66. The van der Waals surface area contributed by atoms with Crippen LogP contribution in [0.2, 0.25) is 0 Å². The molecule has 0 bridgehead atoms. The molecule has 196 valence electrons. The van der Waals surface area contributed by atoms with Crippen LogP contribution in [0.5, 0.6) is 0 Å². The Morgan fingerprint density at radius 3 is 2.00 bits per heavy atom. The molecule has 1 nitrogen and oxygen atoms in total. The van der Waals surface area contributed by atoms with Gasteiger partial charge in [-0.3, -0.25) is 0 Å². The van der Waals surface area contributed by atoms with Crippen molar-refractivity contribution in [2.24, 2.45) is 0 Å². The number of rotatable bonds is 7. The van der Waals surface area contributed by atoms with Crippen LogP contribution in [0, 0.1) is 13.8 Å². The SMILES string of the molecule is CCCCCCn1c(C)c(C2=C(c3c(C)sc4ccccc34)C(F)(F)C(F)(F)C2(F)F)c2ccccc21. The molecule has 0 atom stereocenters. The molecule has 4 aromatic rings. The summed E-state index contributed by atoms with van der Waals surface area (Å²) in [6, 6.07) is 13.1. The van der Waals surface area contributed by atoms with E-state index in [2.05, 4.69) is 6.92 Å². The molecule has 1 aliphatic rings. The summed E-state index contributed by atoms with van der Waals surface area (Å²) in [5.41, 5.74) is -2.13. The van der Waals surface area contributed by atoms with Gasteiger partial charge in [-0.15, -0.1) is 11.3 Å². The van der Waals surface area contributed by atoms with Crippen molar-refractivity contribution in [2.45, 2.75) is 70.8 Å². The number of hydrogen-bond acceptors (Lipinski definition) is 1. The third kappa shape index (κ3) is 3.58. The van der Waals surface area contributed by atoms with Gasteiger partial charge in [-0.25, -0.2) is 0 Å². The van der Waals surface area contributed by atoms with Gasteiger partial charge in [0.25, 0.3) is 0 Å². The minimum Gasteiger partial charge on any atom is -0.344 e. The maximum absolute atomic E-state index is 15.7. The van der Waals surface area contributed by atoms with Crippen LogP contribution < -0.4 is 0 Å². The summed E-state index contributed by atoms with van der Waals surface area (Å²) in [7, 11) is 0. The van der Waals surface area contributed by atoms with Crippen LogP contribution >= 0.6 is 11.3 Å². The zero-order valence-corrected chi connectivity index (χ0v) is 21.6. The second kappa shape index (κ2) is 8.93. The Balaban J connectivity index is 1.88. The van der Waals surface area contributed by atoms with Crippen LogP contribution in [-0.4, -0.2) is 22.3 Å². The predicted octanol–water partition coefficient (Wildman–Crippen LogP) is 9.88. The molecule has 5 rings (SSSR count). The molecule has 0 amide bonds. The second-order valence-corrected chi connectivity index (χ2v) is 10.9. The largest absolute Gasteiger partial charge is 0.380 e. The van der Waals surface area contributed by atoms with E-state index in [4.69, 9.17) is 0 Å². The molecule has 0 N–H and O–H groups in total. The van der Waals surface area contributed by atoms with E-state index in [0.29, 0.717) is 21.6 Å². The molecule has 0 unspecified atom stereocenters. The first kappa shape index (κ1) is 25.9.